The summed E-state index contributed by atoms with van der Waals surface area (Å²) in [5.74, 6) is -1.14. The molecule has 1 aromatic heterocycles. The molecule has 2 aromatic carbocycles. The van der Waals surface area contributed by atoms with E-state index in [9.17, 15) is 19.5 Å². The van der Waals surface area contributed by atoms with E-state index in [1.165, 1.54) is 4.90 Å². The molecule has 1 N–H and O–H groups in total. The van der Waals surface area contributed by atoms with Crippen molar-refractivity contribution in [2.75, 3.05) is 24.7 Å². The summed E-state index contributed by atoms with van der Waals surface area (Å²) in [4.78, 5) is 45.9. The van der Waals surface area contributed by atoms with Gasteiger partial charge >= 0.3 is 11.9 Å². The number of nitrogens with zero attached hydrogens (tertiary/aromatic N) is 2. The number of ether oxygens (including phenoxy) is 3. The highest BCUT2D eigenvalue weighted by Crippen LogP contribution is 2.44. The number of hydrogen-bond acceptors (Lipinski definition) is 9. The molecule has 9 nitrogen and oxygen atoms in total. The summed E-state index contributed by atoms with van der Waals surface area (Å²) in [5.41, 5.74) is 1.24. The molecule has 0 saturated carbocycles. The molecule has 1 fully saturated rings. The second-order valence-electron chi connectivity index (χ2n) is 10.7. The molecule has 2 heterocycles. The van der Waals surface area contributed by atoms with Gasteiger partial charge in [0.25, 0.3) is 5.78 Å². The Bertz CT molecular complexity index is 1480. The van der Waals surface area contributed by atoms with E-state index < -0.39 is 23.7 Å². The molecule has 0 spiro atoms. The van der Waals surface area contributed by atoms with Crippen molar-refractivity contribution in [1.82, 2.24) is 4.98 Å². The normalized spacial score (nSPS) is 16.1. The number of Topliss-reactive ketones (excluding diaryl/α,β-unsaturated/α-hetero) is 1. The number of hydrogen-bond donors (Lipinski definition) is 1. The average Bonchev–Trinajstić information content (AvgIpc) is 3.51. The Labute approximate surface area is 256 Å². The summed E-state index contributed by atoms with van der Waals surface area (Å²) in [6, 6.07) is 12.8. The van der Waals surface area contributed by atoms with E-state index in [1.54, 1.807) is 55.5 Å². The number of rotatable bonds is 13. The standard InChI is InChI=1S/C33H38N2O7S/c1-6-8-18-41-25-15-11-23(12-16-25)28(36)26-27(22-9-13-24(14-10-22)40-17-7-2)35(31(38)29(26)37)33-34-21(5)30(43-33)32(39)42-19-20(3)4/h9-16,20,27,36H,6-8,17-19H2,1-5H3. The predicted octanol–water partition coefficient (Wildman–Crippen LogP) is 6.86. The monoisotopic (exact) mass is 606 g/mol. The number of carbonyl (C=O) groups is 3. The molecule has 43 heavy (non-hydrogen) atoms. The van der Waals surface area contributed by atoms with Gasteiger partial charge in [-0.25, -0.2) is 9.78 Å². The van der Waals surface area contributed by atoms with Gasteiger partial charge in [-0.15, -0.1) is 0 Å². The van der Waals surface area contributed by atoms with E-state index in [0.717, 1.165) is 30.6 Å². The number of anilines is 1. The molecule has 1 unspecified atom stereocenters. The fourth-order valence-corrected chi connectivity index (χ4v) is 5.48. The van der Waals surface area contributed by atoms with Crippen LogP contribution in [0, 0.1) is 12.8 Å². The number of amides is 1. The van der Waals surface area contributed by atoms with Crippen LogP contribution in [0.4, 0.5) is 5.13 Å². The first-order valence-corrected chi connectivity index (χ1v) is 15.4. The average molecular weight is 607 g/mol. The largest absolute Gasteiger partial charge is 0.507 e. The van der Waals surface area contributed by atoms with Crippen LogP contribution < -0.4 is 14.4 Å². The number of aromatic nitrogens is 1. The van der Waals surface area contributed by atoms with Crippen molar-refractivity contribution >= 4 is 39.9 Å². The Hall–Kier alpha value is -4.18. The second-order valence-corrected chi connectivity index (χ2v) is 11.7. The van der Waals surface area contributed by atoms with E-state index in [4.69, 9.17) is 14.2 Å². The smallest absolute Gasteiger partial charge is 0.350 e. The molecular formula is C33H38N2O7S. The van der Waals surface area contributed by atoms with E-state index >= 15 is 0 Å². The number of aryl methyl sites for hydroxylation is 1. The highest BCUT2D eigenvalue weighted by atomic mass is 32.1. The number of esters is 1. The summed E-state index contributed by atoms with van der Waals surface area (Å²) < 4.78 is 16.8. The molecule has 1 saturated heterocycles. The van der Waals surface area contributed by atoms with E-state index in [1.807, 2.05) is 20.8 Å². The van der Waals surface area contributed by atoms with Crippen LogP contribution >= 0.6 is 11.3 Å². The topological polar surface area (TPSA) is 115 Å². The summed E-state index contributed by atoms with van der Waals surface area (Å²) in [5, 5.41) is 11.6. The first-order chi connectivity index (χ1) is 20.7. The van der Waals surface area contributed by atoms with Crippen LogP contribution in [0.5, 0.6) is 11.5 Å². The third kappa shape index (κ3) is 7.25. The van der Waals surface area contributed by atoms with Gasteiger partial charge in [0.15, 0.2) is 5.13 Å². The predicted molar refractivity (Wildman–Crippen MR) is 166 cm³/mol. The maximum Gasteiger partial charge on any atom is 0.350 e. The van der Waals surface area contributed by atoms with Crippen molar-refractivity contribution in [1.29, 1.82) is 0 Å². The minimum absolute atomic E-state index is 0.0799. The highest BCUT2D eigenvalue weighted by molar-refractivity contribution is 7.17. The Morgan fingerprint density at radius 3 is 2.21 bits per heavy atom. The molecule has 228 valence electrons. The van der Waals surface area contributed by atoms with Crippen LogP contribution in [0.25, 0.3) is 5.76 Å². The third-order valence-electron chi connectivity index (χ3n) is 6.73. The number of aliphatic hydroxyl groups excluding tert-OH is 1. The van der Waals surface area contributed by atoms with Gasteiger partial charge in [-0.05, 0) is 67.6 Å². The van der Waals surface area contributed by atoms with Crippen LogP contribution in [0.2, 0.25) is 0 Å². The molecule has 0 radical (unpaired) electrons. The quantitative estimate of drug-likeness (QED) is 0.0738. The lowest BCUT2D eigenvalue weighted by Gasteiger charge is -2.23. The maximum atomic E-state index is 13.6. The zero-order valence-corrected chi connectivity index (χ0v) is 26.0. The van der Waals surface area contributed by atoms with Gasteiger partial charge in [-0.3, -0.25) is 14.5 Å². The molecular weight excluding hydrogens is 568 g/mol. The van der Waals surface area contributed by atoms with Crippen molar-refractivity contribution in [3.05, 3.63) is 75.8 Å². The lowest BCUT2D eigenvalue weighted by Crippen LogP contribution is -2.29. The van der Waals surface area contributed by atoms with Crippen molar-refractivity contribution in [3.8, 4) is 11.5 Å². The van der Waals surface area contributed by atoms with Crippen molar-refractivity contribution in [2.24, 2.45) is 5.92 Å². The Balaban J connectivity index is 1.77. The molecule has 1 atom stereocenters. The maximum absolute atomic E-state index is 13.6. The van der Waals surface area contributed by atoms with Crippen molar-refractivity contribution < 1.29 is 33.7 Å². The molecule has 1 amide bonds. The lowest BCUT2D eigenvalue weighted by molar-refractivity contribution is -0.132. The van der Waals surface area contributed by atoms with Gasteiger partial charge in [-0.1, -0.05) is 57.6 Å². The zero-order chi connectivity index (χ0) is 31.1. The molecule has 1 aliphatic heterocycles. The van der Waals surface area contributed by atoms with Gasteiger partial charge in [0.05, 0.1) is 37.1 Å². The lowest BCUT2D eigenvalue weighted by atomic mass is 9.95. The number of ketones is 1. The Kier molecular flexibility index (Phi) is 10.6. The fraction of sp³-hybridized carbons (Fsp3) is 0.394. The number of thiazole rings is 1. The van der Waals surface area contributed by atoms with Gasteiger partial charge in [0.2, 0.25) is 0 Å². The van der Waals surface area contributed by atoms with Gasteiger partial charge in [0, 0.05) is 5.56 Å². The van der Waals surface area contributed by atoms with Crippen LogP contribution in [0.15, 0.2) is 54.1 Å². The third-order valence-corrected chi connectivity index (χ3v) is 7.87. The highest BCUT2D eigenvalue weighted by Gasteiger charge is 2.48. The molecule has 3 aromatic rings. The molecule has 4 rings (SSSR count). The summed E-state index contributed by atoms with van der Waals surface area (Å²) in [7, 11) is 0. The Morgan fingerprint density at radius 1 is 0.977 bits per heavy atom. The summed E-state index contributed by atoms with van der Waals surface area (Å²) in [6.45, 7) is 11.0. The Morgan fingerprint density at radius 2 is 1.60 bits per heavy atom. The molecule has 0 aliphatic carbocycles. The first-order valence-electron chi connectivity index (χ1n) is 14.6. The van der Waals surface area contributed by atoms with Crippen molar-refractivity contribution in [3.63, 3.8) is 0 Å². The fourth-order valence-electron chi connectivity index (χ4n) is 4.49. The number of aliphatic hydroxyl groups is 1. The minimum Gasteiger partial charge on any atom is -0.507 e. The van der Waals surface area contributed by atoms with E-state index in [-0.39, 0.29) is 33.9 Å². The van der Waals surface area contributed by atoms with E-state index in [2.05, 4.69) is 11.9 Å². The minimum atomic E-state index is -0.995. The van der Waals surface area contributed by atoms with Gasteiger partial charge in [-0.2, -0.15) is 0 Å². The number of benzene rings is 2. The van der Waals surface area contributed by atoms with Crippen LogP contribution in [0.1, 0.15) is 79.5 Å². The van der Waals surface area contributed by atoms with E-state index in [0.29, 0.717) is 41.5 Å². The zero-order valence-electron chi connectivity index (χ0n) is 25.2. The van der Waals surface area contributed by atoms with Gasteiger partial charge in [0.1, 0.15) is 22.1 Å². The summed E-state index contributed by atoms with van der Waals surface area (Å²) in [6.07, 6.45) is 2.76. The number of unbranched alkanes of at least 4 members (excludes halogenated alkanes) is 1. The summed E-state index contributed by atoms with van der Waals surface area (Å²) >= 11 is 0.978. The second kappa shape index (κ2) is 14.3. The van der Waals surface area contributed by atoms with Crippen molar-refractivity contribution in [2.45, 2.75) is 59.9 Å². The molecule has 0 bridgehead atoms. The van der Waals surface area contributed by atoms with Gasteiger partial charge < -0.3 is 19.3 Å². The first kappa shape index (κ1) is 31.7. The van der Waals surface area contributed by atoms with Crippen LogP contribution in [0.3, 0.4) is 0 Å². The van der Waals surface area contributed by atoms with Crippen LogP contribution in [-0.2, 0) is 14.3 Å². The molecule has 1 aliphatic rings. The van der Waals surface area contributed by atoms with Crippen LogP contribution in [-0.4, -0.2) is 47.6 Å². The SMILES string of the molecule is CCCCOc1ccc(C(O)=C2C(=O)C(=O)N(c3nc(C)c(C(=O)OCC(C)C)s3)C2c2ccc(OCCC)cc2)cc1. The molecule has 10 heteroatoms. The number of carbonyl (C=O) groups excluding carboxylic acids is 3.